The Morgan fingerprint density at radius 2 is 1.58 bits per heavy atom. The van der Waals surface area contributed by atoms with E-state index in [9.17, 15) is 22.8 Å². The number of nitrogens with one attached hydrogen (secondary N) is 2. The normalized spacial score (nSPS) is 15.1. The zero-order chi connectivity index (χ0) is 22.2. The van der Waals surface area contributed by atoms with Crippen molar-refractivity contribution in [1.29, 1.82) is 0 Å². The van der Waals surface area contributed by atoms with Gasteiger partial charge in [0.05, 0.1) is 17.0 Å². The molecule has 0 aromatic heterocycles. The van der Waals surface area contributed by atoms with Gasteiger partial charge in [-0.2, -0.15) is 0 Å². The second kappa shape index (κ2) is 11.2. The molecule has 31 heavy (non-hydrogen) atoms. The zero-order valence-electron chi connectivity index (χ0n) is 17.1. The fraction of sp³-hybridized carbons (Fsp3) is 0.391. The van der Waals surface area contributed by atoms with E-state index in [0.29, 0.717) is 4.90 Å². The molecule has 4 nitrogen and oxygen atoms in total. The van der Waals surface area contributed by atoms with E-state index in [1.54, 1.807) is 18.2 Å². The Labute approximate surface area is 184 Å². The molecule has 0 bridgehead atoms. The number of anilines is 1. The topological polar surface area (TPSA) is 58.2 Å². The minimum Gasteiger partial charge on any atom is -0.353 e. The van der Waals surface area contributed by atoms with Crippen LogP contribution in [0.2, 0.25) is 0 Å². The van der Waals surface area contributed by atoms with Gasteiger partial charge in [0.15, 0.2) is 17.5 Å². The summed E-state index contributed by atoms with van der Waals surface area (Å²) in [6.45, 7) is 0. The van der Waals surface area contributed by atoms with Crippen molar-refractivity contribution < 1.29 is 22.8 Å². The maximum Gasteiger partial charge on any atom is 0.256 e. The molecule has 0 heterocycles. The summed E-state index contributed by atoms with van der Waals surface area (Å²) in [5, 5.41) is 5.34. The lowest BCUT2D eigenvalue weighted by atomic mass is 9.97. The van der Waals surface area contributed by atoms with Crippen LogP contribution < -0.4 is 10.6 Å². The largest absolute Gasteiger partial charge is 0.353 e. The van der Waals surface area contributed by atoms with Crippen LogP contribution in [0.5, 0.6) is 0 Å². The van der Waals surface area contributed by atoms with Crippen LogP contribution >= 0.6 is 11.8 Å². The predicted molar refractivity (Wildman–Crippen MR) is 116 cm³/mol. The third-order valence-corrected chi connectivity index (χ3v) is 6.32. The Morgan fingerprint density at radius 1 is 0.903 bits per heavy atom. The van der Waals surface area contributed by atoms with Gasteiger partial charge >= 0.3 is 0 Å². The standard InChI is InChI=1S/C23H25F3N2O2S/c24-17-12-13-18(22(26)21(17)25)28-23(30)16-10-6-7-11-19(16)31-14-20(29)27-15-8-4-2-1-3-5-9-15/h6-7,10-13,15H,1-5,8-9,14H2,(H,27,29)(H,28,30). The van der Waals surface area contributed by atoms with Crippen molar-refractivity contribution in [3.63, 3.8) is 0 Å². The molecule has 166 valence electrons. The minimum absolute atomic E-state index is 0.0996. The van der Waals surface area contributed by atoms with Crippen molar-refractivity contribution in [2.24, 2.45) is 0 Å². The molecular formula is C23H25F3N2O2S. The lowest BCUT2D eigenvalue weighted by Crippen LogP contribution is -2.36. The molecule has 0 spiro atoms. The second-order valence-electron chi connectivity index (χ2n) is 7.57. The van der Waals surface area contributed by atoms with Crippen LogP contribution in [0.25, 0.3) is 0 Å². The summed E-state index contributed by atoms with van der Waals surface area (Å²) in [4.78, 5) is 25.6. The van der Waals surface area contributed by atoms with Crippen molar-refractivity contribution in [2.75, 3.05) is 11.1 Å². The van der Waals surface area contributed by atoms with Gasteiger partial charge < -0.3 is 10.6 Å². The van der Waals surface area contributed by atoms with Gasteiger partial charge in [0.25, 0.3) is 5.91 Å². The summed E-state index contributed by atoms with van der Waals surface area (Å²) in [6.07, 6.45) is 7.84. The zero-order valence-corrected chi connectivity index (χ0v) is 17.9. The molecule has 1 saturated carbocycles. The number of hydrogen-bond donors (Lipinski definition) is 2. The highest BCUT2D eigenvalue weighted by Crippen LogP contribution is 2.25. The molecule has 0 saturated heterocycles. The van der Waals surface area contributed by atoms with E-state index in [1.807, 2.05) is 0 Å². The quantitative estimate of drug-likeness (QED) is 0.440. The van der Waals surface area contributed by atoms with Crippen LogP contribution in [-0.4, -0.2) is 23.6 Å². The molecule has 3 rings (SSSR count). The van der Waals surface area contributed by atoms with Crippen LogP contribution in [0, 0.1) is 17.5 Å². The number of halogens is 3. The van der Waals surface area contributed by atoms with E-state index in [4.69, 9.17) is 0 Å². The van der Waals surface area contributed by atoms with Gasteiger partial charge in [0.1, 0.15) is 0 Å². The Kier molecular flexibility index (Phi) is 8.40. The van der Waals surface area contributed by atoms with Crippen LogP contribution in [0.3, 0.4) is 0 Å². The minimum atomic E-state index is -1.65. The van der Waals surface area contributed by atoms with E-state index < -0.39 is 29.0 Å². The van der Waals surface area contributed by atoms with Gasteiger partial charge in [-0.1, -0.05) is 44.2 Å². The molecule has 0 atom stereocenters. The van der Waals surface area contributed by atoms with Gasteiger partial charge in [-0.3, -0.25) is 9.59 Å². The van der Waals surface area contributed by atoms with Crippen LogP contribution in [0.1, 0.15) is 55.3 Å². The van der Waals surface area contributed by atoms with Gasteiger partial charge in [-0.15, -0.1) is 11.8 Å². The molecule has 0 unspecified atom stereocenters. The Morgan fingerprint density at radius 3 is 2.32 bits per heavy atom. The van der Waals surface area contributed by atoms with E-state index in [1.165, 1.54) is 37.1 Å². The Bertz CT molecular complexity index is 931. The number of benzene rings is 2. The first-order valence-electron chi connectivity index (χ1n) is 10.4. The maximum absolute atomic E-state index is 13.9. The fourth-order valence-corrected chi connectivity index (χ4v) is 4.47. The maximum atomic E-state index is 13.9. The van der Waals surface area contributed by atoms with Gasteiger partial charge in [-0.25, -0.2) is 13.2 Å². The van der Waals surface area contributed by atoms with E-state index in [2.05, 4.69) is 10.6 Å². The average Bonchev–Trinajstić information content (AvgIpc) is 2.74. The number of carbonyl (C=O) groups is 2. The molecule has 0 aliphatic heterocycles. The summed E-state index contributed by atoms with van der Waals surface area (Å²) in [6, 6.07) is 8.47. The fourth-order valence-electron chi connectivity index (χ4n) is 3.61. The highest BCUT2D eigenvalue weighted by molar-refractivity contribution is 8.00. The average molecular weight is 451 g/mol. The Balaban J connectivity index is 1.61. The Hall–Kier alpha value is -2.48. The number of amides is 2. The van der Waals surface area contributed by atoms with E-state index >= 15 is 0 Å². The van der Waals surface area contributed by atoms with Crippen molar-refractivity contribution in [1.82, 2.24) is 5.32 Å². The van der Waals surface area contributed by atoms with Crippen LogP contribution in [0.4, 0.5) is 18.9 Å². The summed E-state index contributed by atoms with van der Waals surface area (Å²) < 4.78 is 40.4. The predicted octanol–water partition coefficient (Wildman–Crippen LogP) is 5.68. The van der Waals surface area contributed by atoms with E-state index in [-0.39, 0.29) is 23.3 Å². The smallest absolute Gasteiger partial charge is 0.256 e. The van der Waals surface area contributed by atoms with E-state index in [0.717, 1.165) is 37.8 Å². The summed E-state index contributed by atoms with van der Waals surface area (Å²) in [7, 11) is 0. The second-order valence-corrected chi connectivity index (χ2v) is 8.59. The first-order chi connectivity index (χ1) is 15.0. The lowest BCUT2D eigenvalue weighted by molar-refractivity contribution is -0.119. The monoisotopic (exact) mass is 450 g/mol. The van der Waals surface area contributed by atoms with Crippen LogP contribution in [-0.2, 0) is 4.79 Å². The summed E-state index contributed by atoms with van der Waals surface area (Å²) in [5.41, 5.74) is -0.235. The van der Waals surface area contributed by atoms with Gasteiger partial charge in [0, 0.05) is 10.9 Å². The molecule has 8 heteroatoms. The first kappa shape index (κ1) is 23.2. The molecule has 1 aliphatic rings. The molecule has 0 radical (unpaired) electrons. The van der Waals surface area contributed by atoms with Crippen molar-refractivity contribution in [3.05, 3.63) is 59.4 Å². The number of hydrogen-bond acceptors (Lipinski definition) is 3. The number of carbonyl (C=O) groups excluding carboxylic acids is 2. The third-order valence-electron chi connectivity index (χ3n) is 5.24. The summed E-state index contributed by atoms with van der Waals surface area (Å²) >= 11 is 1.20. The molecule has 2 amide bonds. The molecule has 2 aromatic rings. The molecule has 1 fully saturated rings. The highest BCUT2D eigenvalue weighted by atomic mass is 32.2. The van der Waals surface area contributed by atoms with Crippen molar-refractivity contribution in [3.8, 4) is 0 Å². The van der Waals surface area contributed by atoms with Crippen molar-refractivity contribution >= 4 is 29.3 Å². The summed E-state index contributed by atoms with van der Waals surface area (Å²) in [5.74, 6) is -5.07. The lowest BCUT2D eigenvalue weighted by Gasteiger charge is -2.21. The highest BCUT2D eigenvalue weighted by Gasteiger charge is 2.19. The molecular weight excluding hydrogens is 425 g/mol. The number of rotatable bonds is 6. The molecule has 2 aromatic carbocycles. The van der Waals surface area contributed by atoms with Crippen LogP contribution in [0.15, 0.2) is 41.3 Å². The molecule has 2 N–H and O–H groups in total. The van der Waals surface area contributed by atoms with Gasteiger partial charge in [0.2, 0.25) is 5.91 Å². The third kappa shape index (κ3) is 6.50. The SMILES string of the molecule is O=C(CSc1ccccc1C(=O)Nc1ccc(F)c(F)c1F)NC1CCCCCCC1. The van der Waals surface area contributed by atoms with Gasteiger partial charge in [-0.05, 0) is 37.1 Å². The number of thioether (sulfide) groups is 1. The van der Waals surface area contributed by atoms with Crippen molar-refractivity contribution in [2.45, 2.75) is 55.9 Å². The molecule has 1 aliphatic carbocycles. The first-order valence-corrected chi connectivity index (χ1v) is 11.4.